The maximum atomic E-state index is 14.4. The first-order valence-electron chi connectivity index (χ1n) is 11.1. The average molecular weight is 427 g/mol. The largest absolute Gasteiger partial charge is 0.492 e. The molecule has 0 N–H and O–H groups in total. The lowest BCUT2D eigenvalue weighted by Crippen LogP contribution is -2.33. The summed E-state index contributed by atoms with van der Waals surface area (Å²) >= 11 is 0. The summed E-state index contributed by atoms with van der Waals surface area (Å²) < 4.78 is 27.5. The number of halogens is 1. The van der Waals surface area contributed by atoms with E-state index in [2.05, 4.69) is 23.0 Å². The standard InChI is InChI=1S/C24H31FN4O2/c1-18-4-5-24-22-17-27-29(24)9-6-23(18)26-7-3-8-28(10-12-30-2)11-13-31-21-15-19(22)14-20(25)16-21/h6,9,14-18H,3-5,7-8,10-13H2,1-2H3/b9-6-,26-23?. The molecule has 5 rings (SSSR count). The number of methoxy groups -OCH3 is 1. The second-order valence-corrected chi connectivity index (χ2v) is 8.22. The molecule has 0 saturated carbocycles. The van der Waals surface area contributed by atoms with Crippen molar-refractivity contribution in [3.05, 3.63) is 42.0 Å². The lowest BCUT2D eigenvalue weighted by molar-refractivity contribution is 0.134. The number of nitrogens with zero attached hydrogens (tertiary/aromatic N) is 4. The molecule has 0 saturated heterocycles. The maximum absolute atomic E-state index is 14.4. The highest BCUT2D eigenvalue weighted by Gasteiger charge is 2.19. The van der Waals surface area contributed by atoms with Crippen molar-refractivity contribution in [1.29, 1.82) is 0 Å². The van der Waals surface area contributed by atoms with Gasteiger partial charge in [-0.25, -0.2) is 9.07 Å². The Labute approximate surface area is 183 Å². The molecule has 3 aliphatic heterocycles. The van der Waals surface area contributed by atoms with E-state index in [0.717, 1.165) is 68.0 Å². The first-order valence-corrected chi connectivity index (χ1v) is 11.1. The zero-order valence-electron chi connectivity index (χ0n) is 18.4. The van der Waals surface area contributed by atoms with E-state index in [1.165, 1.54) is 6.07 Å². The fourth-order valence-corrected chi connectivity index (χ4v) is 4.18. The third-order valence-electron chi connectivity index (χ3n) is 6.00. The number of aromatic nitrogens is 2. The average Bonchev–Trinajstić information content (AvgIpc) is 3.14. The summed E-state index contributed by atoms with van der Waals surface area (Å²) in [4.78, 5) is 7.21. The quantitative estimate of drug-likeness (QED) is 0.747. The van der Waals surface area contributed by atoms with Gasteiger partial charge in [0.15, 0.2) is 0 Å². The van der Waals surface area contributed by atoms with Gasteiger partial charge in [-0.2, -0.15) is 5.10 Å². The molecule has 1 unspecified atom stereocenters. The maximum Gasteiger partial charge on any atom is 0.127 e. The fourth-order valence-electron chi connectivity index (χ4n) is 4.18. The summed E-state index contributed by atoms with van der Waals surface area (Å²) in [5.41, 5.74) is 3.96. The van der Waals surface area contributed by atoms with Gasteiger partial charge in [0.25, 0.3) is 0 Å². The molecule has 0 radical (unpaired) electrons. The van der Waals surface area contributed by atoms with Crippen molar-refractivity contribution in [2.24, 2.45) is 10.9 Å². The minimum atomic E-state index is -0.300. The molecule has 0 spiro atoms. The number of fused-ring (bicyclic) bond motifs is 9. The summed E-state index contributed by atoms with van der Waals surface area (Å²) in [6, 6.07) is 4.92. The molecule has 4 heterocycles. The van der Waals surface area contributed by atoms with Gasteiger partial charge in [-0.05, 0) is 49.0 Å². The van der Waals surface area contributed by atoms with E-state index in [1.807, 2.05) is 23.1 Å². The highest BCUT2D eigenvalue weighted by Crippen LogP contribution is 2.31. The molecular formula is C24H31FN4O2. The molecule has 1 atom stereocenters. The van der Waals surface area contributed by atoms with E-state index in [1.54, 1.807) is 13.2 Å². The lowest BCUT2D eigenvalue weighted by atomic mass is 9.94. The summed E-state index contributed by atoms with van der Waals surface area (Å²) in [5.74, 6) is 0.608. The van der Waals surface area contributed by atoms with Gasteiger partial charge in [-0.3, -0.25) is 9.89 Å². The highest BCUT2D eigenvalue weighted by molar-refractivity contribution is 5.99. The van der Waals surface area contributed by atoms with E-state index >= 15 is 0 Å². The van der Waals surface area contributed by atoms with E-state index in [9.17, 15) is 4.39 Å². The van der Waals surface area contributed by atoms with Crippen molar-refractivity contribution in [1.82, 2.24) is 14.7 Å². The number of hydrogen-bond acceptors (Lipinski definition) is 5. The molecule has 0 aliphatic carbocycles. The van der Waals surface area contributed by atoms with Crippen LogP contribution in [0.1, 0.15) is 25.5 Å². The van der Waals surface area contributed by atoms with Crippen molar-refractivity contribution in [2.45, 2.75) is 26.2 Å². The number of hydrogen-bond donors (Lipinski definition) is 0. The molecule has 7 heteroatoms. The van der Waals surface area contributed by atoms with Crippen molar-refractivity contribution >= 4 is 11.9 Å². The van der Waals surface area contributed by atoms with Gasteiger partial charge >= 0.3 is 0 Å². The molecule has 1 aromatic heterocycles. The second kappa shape index (κ2) is 10.2. The van der Waals surface area contributed by atoms with Crippen LogP contribution in [0.25, 0.3) is 17.3 Å². The fraction of sp³-hybridized carbons (Fsp3) is 0.500. The van der Waals surface area contributed by atoms with E-state index in [-0.39, 0.29) is 5.82 Å². The van der Waals surface area contributed by atoms with Crippen LogP contribution in [0.3, 0.4) is 0 Å². The predicted molar refractivity (Wildman–Crippen MR) is 121 cm³/mol. The van der Waals surface area contributed by atoms with E-state index in [0.29, 0.717) is 24.9 Å². The van der Waals surface area contributed by atoms with Crippen molar-refractivity contribution < 1.29 is 13.9 Å². The zero-order valence-corrected chi connectivity index (χ0v) is 18.4. The van der Waals surface area contributed by atoms with Gasteiger partial charge in [-0.1, -0.05) is 6.92 Å². The Hall–Kier alpha value is -2.51. The van der Waals surface area contributed by atoms with E-state index in [4.69, 9.17) is 14.5 Å². The zero-order chi connectivity index (χ0) is 21.6. The number of allylic oxidation sites excluding steroid dienone is 1. The molecule has 6 bridgehead atoms. The van der Waals surface area contributed by atoms with Gasteiger partial charge in [0.1, 0.15) is 18.2 Å². The number of benzene rings is 1. The summed E-state index contributed by atoms with van der Waals surface area (Å²) in [5, 5.41) is 4.54. The topological polar surface area (TPSA) is 51.9 Å². The van der Waals surface area contributed by atoms with Crippen LogP contribution in [-0.4, -0.2) is 66.9 Å². The normalized spacial score (nSPS) is 21.1. The summed E-state index contributed by atoms with van der Waals surface area (Å²) in [7, 11) is 1.71. The Bertz CT molecular complexity index is 953. The van der Waals surface area contributed by atoms with Gasteiger partial charge in [0.05, 0.1) is 18.5 Å². The Morgan fingerprint density at radius 3 is 3.03 bits per heavy atom. The Balaban J connectivity index is 1.69. The van der Waals surface area contributed by atoms with Crippen molar-refractivity contribution in [3.63, 3.8) is 0 Å². The minimum absolute atomic E-state index is 0.300. The summed E-state index contributed by atoms with van der Waals surface area (Å²) in [6.45, 7) is 6.69. The van der Waals surface area contributed by atoms with Crippen molar-refractivity contribution in [2.75, 3.05) is 46.5 Å². The van der Waals surface area contributed by atoms with Gasteiger partial charge < -0.3 is 9.47 Å². The Morgan fingerprint density at radius 1 is 1.26 bits per heavy atom. The van der Waals surface area contributed by atoms with Gasteiger partial charge in [-0.15, -0.1) is 0 Å². The van der Waals surface area contributed by atoms with Crippen LogP contribution in [0, 0.1) is 11.7 Å². The van der Waals surface area contributed by atoms with Crippen LogP contribution in [0.5, 0.6) is 5.75 Å². The third kappa shape index (κ3) is 5.40. The smallest absolute Gasteiger partial charge is 0.127 e. The predicted octanol–water partition coefficient (Wildman–Crippen LogP) is 3.91. The monoisotopic (exact) mass is 426 g/mol. The lowest BCUT2D eigenvalue weighted by Gasteiger charge is -2.22. The molecule has 0 amide bonds. The van der Waals surface area contributed by atoms with Crippen LogP contribution in [0.2, 0.25) is 0 Å². The van der Waals surface area contributed by atoms with Crippen LogP contribution in [-0.2, 0) is 11.2 Å². The molecule has 3 aliphatic rings. The third-order valence-corrected chi connectivity index (χ3v) is 6.00. The highest BCUT2D eigenvalue weighted by atomic mass is 19.1. The molecule has 1 aromatic carbocycles. The number of rotatable bonds is 3. The minimum Gasteiger partial charge on any atom is -0.492 e. The number of ether oxygens (including phenoxy) is 2. The first kappa shape index (κ1) is 21.7. The van der Waals surface area contributed by atoms with Gasteiger partial charge in [0, 0.05) is 56.8 Å². The van der Waals surface area contributed by atoms with Crippen LogP contribution in [0.15, 0.2) is 35.5 Å². The SMILES string of the molecule is COCCN1CCCN=C2/C=C\n3ncc(c3CCC2C)-c2cc(F)cc(c2)OCC1. The van der Waals surface area contributed by atoms with Gasteiger partial charge in [0.2, 0.25) is 0 Å². The molecular weight excluding hydrogens is 395 g/mol. The molecule has 31 heavy (non-hydrogen) atoms. The number of aliphatic imine (C=N–C) groups is 1. The molecule has 6 nitrogen and oxygen atoms in total. The second-order valence-electron chi connectivity index (χ2n) is 8.22. The van der Waals surface area contributed by atoms with Crippen molar-refractivity contribution in [3.8, 4) is 16.9 Å². The van der Waals surface area contributed by atoms with Crippen LogP contribution >= 0.6 is 0 Å². The summed E-state index contributed by atoms with van der Waals surface area (Å²) in [6.07, 6.45) is 8.67. The molecule has 2 aromatic rings. The molecule has 166 valence electrons. The van der Waals surface area contributed by atoms with E-state index < -0.39 is 0 Å². The Kier molecular flexibility index (Phi) is 7.14. The molecule has 0 fully saturated rings. The van der Waals surface area contributed by atoms with Crippen LogP contribution in [0.4, 0.5) is 4.39 Å². The first-order chi connectivity index (χ1) is 15.1. The van der Waals surface area contributed by atoms with Crippen LogP contribution < -0.4 is 4.74 Å². The Morgan fingerprint density at radius 2 is 2.16 bits per heavy atom.